The van der Waals surface area contributed by atoms with Crippen molar-refractivity contribution in [2.75, 3.05) is 50.1 Å². The number of hydrogen-bond donors (Lipinski definition) is 1. The smallest absolute Gasteiger partial charge is 0.224 e. The fourth-order valence-electron chi connectivity index (χ4n) is 4.18. The zero-order chi connectivity index (χ0) is 23.0. The summed E-state index contributed by atoms with van der Waals surface area (Å²) in [5.74, 6) is 1.06. The maximum absolute atomic E-state index is 12.2. The van der Waals surface area contributed by atoms with Crippen LogP contribution in [0.3, 0.4) is 0 Å². The number of rotatable bonds is 9. The third-order valence-electron chi connectivity index (χ3n) is 6.21. The maximum Gasteiger partial charge on any atom is 0.224 e. The van der Waals surface area contributed by atoms with Crippen LogP contribution in [0.4, 0.5) is 11.4 Å². The number of piperazine rings is 1. The number of amides is 1. The van der Waals surface area contributed by atoms with E-state index in [2.05, 4.69) is 60.2 Å². The van der Waals surface area contributed by atoms with Gasteiger partial charge in [0.25, 0.3) is 0 Å². The number of nitrogens with one attached hydrogen (secondary N) is 1. The predicted octanol–water partition coefficient (Wildman–Crippen LogP) is 5.74. The minimum atomic E-state index is 0. The van der Waals surface area contributed by atoms with Crippen molar-refractivity contribution in [2.45, 2.75) is 51.9 Å². The molecule has 1 fully saturated rings. The zero-order valence-corrected chi connectivity index (χ0v) is 21.4. The fraction of sp³-hybridized carbons (Fsp3) is 0.519. The number of ether oxygens (including phenoxy) is 1. The molecule has 1 aliphatic rings. The summed E-state index contributed by atoms with van der Waals surface area (Å²) in [6, 6.07) is 16.5. The van der Waals surface area contributed by atoms with Gasteiger partial charge in [0, 0.05) is 38.3 Å². The summed E-state index contributed by atoms with van der Waals surface area (Å²) < 4.78 is 5.50. The van der Waals surface area contributed by atoms with E-state index < -0.39 is 0 Å². The Bertz CT molecular complexity index is 856. The Balaban J connectivity index is 0.00000385. The molecule has 0 saturated carbocycles. The highest BCUT2D eigenvalue weighted by atomic mass is 35.5. The summed E-state index contributed by atoms with van der Waals surface area (Å²) >= 11 is 0. The van der Waals surface area contributed by atoms with Crippen molar-refractivity contribution in [2.24, 2.45) is 0 Å². The summed E-state index contributed by atoms with van der Waals surface area (Å²) in [5, 5.41) is 3.03. The van der Waals surface area contributed by atoms with Gasteiger partial charge >= 0.3 is 0 Å². The van der Waals surface area contributed by atoms with Gasteiger partial charge < -0.3 is 15.0 Å². The van der Waals surface area contributed by atoms with Gasteiger partial charge in [-0.15, -0.1) is 12.4 Å². The van der Waals surface area contributed by atoms with Gasteiger partial charge in [0.15, 0.2) is 0 Å². The molecule has 2 aromatic carbocycles. The molecule has 1 saturated heterocycles. The highest BCUT2D eigenvalue weighted by molar-refractivity contribution is 5.90. The number of anilines is 2. The topological polar surface area (TPSA) is 44.8 Å². The van der Waals surface area contributed by atoms with E-state index in [-0.39, 0.29) is 23.7 Å². The molecular weight excluding hydrogens is 434 g/mol. The highest BCUT2D eigenvalue weighted by Gasteiger charge is 2.19. The van der Waals surface area contributed by atoms with E-state index in [1.54, 1.807) is 7.11 Å². The van der Waals surface area contributed by atoms with Crippen molar-refractivity contribution in [1.82, 2.24) is 4.90 Å². The number of carbonyl (C=O) groups is 1. The van der Waals surface area contributed by atoms with Gasteiger partial charge in [0.05, 0.1) is 12.8 Å². The van der Waals surface area contributed by atoms with E-state index >= 15 is 0 Å². The van der Waals surface area contributed by atoms with Gasteiger partial charge in [-0.05, 0) is 54.6 Å². The summed E-state index contributed by atoms with van der Waals surface area (Å²) in [5.41, 5.74) is 3.48. The number of halogens is 1. The lowest BCUT2D eigenvalue weighted by Crippen LogP contribution is -2.46. The van der Waals surface area contributed by atoms with Crippen LogP contribution in [-0.4, -0.2) is 50.6 Å². The molecule has 1 amide bonds. The first-order valence-corrected chi connectivity index (χ1v) is 11.9. The van der Waals surface area contributed by atoms with Crippen LogP contribution in [0.15, 0.2) is 48.5 Å². The van der Waals surface area contributed by atoms with E-state index in [9.17, 15) is 4.79 Å². The van der Waals surface area contributed by atoms with E-state index in [4.69, 9.17) is 4.74 Å². The third kappa shape index (κ3) is 8.24. The first-order chi connectivity index (χ1) is 15.4. The largest absolute Gasteiger partial charge is 0.495 e. The van der Waals surface area contributed by atoms with Crippen LogP contribution in [0, 0.1) is 0 Å². The summed E-state index contributed by atoms with van der Waals surface area (Å²) in [7, 11) is 1.73. The Labute approximate surface area is 205 Å². The van der Waals surface area contributed by atoms with E-state index in [1.807, 2.05) is 24.3 Å². The van der Waals surface area contributed by atoms with Crippen molar-refractivity contribution in [1.29, 1.82) is 0 Å². The van der Waals surface area contributed by atoms with Crippen molar-refractivity contribution in [3.63, 3.8) is 0 Å². The molecule has 0 spiro atoms. The molecular formula is C27H40ClN3O2. The van der Waals surface area contributed by atoms with E-state index in [0.717, 1.165) is 63.4 Å². The number of para-hydroxylation sites is 2. The lowest BCUT2D eigenvalue weighted by molar-refractivity contribution is -0.116. The van der Waals surface area contributed by atoms with Crippen LogP contribution < -0.4 is 15.0 Å². The molecule has 5 nitrogen and oxygen atoms in total. The second-order valence-electron chi connectivity index (χ2n) is 9.69. The van der Waals surface area contributed by atoms with Crippen molar-refractivity contribution in [3.8, 4) is 5.75 Å². The molecule has 3 rings (SSSR count). The Morgan fingerprint density at radius 3 is 2.24 bits per heavy atom. The first kappa shape index (κ1) is 27.0. The van der Waals surface area contributed by atoms with Gasteiger partial charge in [-0.2, -0.15) is 0 Å². The van der Waals surface area contributed by atoms with Crippen molar-refractivity contribution in [3.05, 3.63) is 54.1 Å². The number of benzene rings is 2. The first-order valence-electron chi connectivity index (χ1n) is 11.9. The van der Waals surface area contributed by atoms with Gasteiger partial charge in [-0.1, -0.05) is 51.5 Å². The molecule has 0 aromatic heterocycles. The van der Waals surface area contributed by atoms with Crippen molar-refractivity contribution < 1.29 is 9.53 Å². The molecule has 182 valence electrons. The van der Waals surface area contributed by atoms with E-state index in [1.165, 1.54) is 11.3 Å². The number of nitrogens with zero attached hydrogens (tertiary/aromatic N) is 2. The quantitative estimate of drug-likeness (QED) is 0.472. The van der Waals surface area contributed by atoms with Gasteiger partial charge in [-0.25, -0.2) is 0 Å². The molecule has 1 N–H and O–H groups in total. The third-order valence-corrected chi connectivity index (χ3v) is 6.21. The highest BCUT2D eigenvalue weighted by Crippen LogP contribution is 2.28. The second kappa shape index (κ2) is 12.9. The van der Waals surface area contributed by atoms with Crippen LogP contribution in [0.1, 0.15) is 52.0 Å². The molecule has 6 heteroatoms. The summed E-state index contributed by atoms with van der Waals surface area (Å²) in [6.45, 7) is 11.9. The molecule has 0 atom stereocenters. The lowest BCUT2D eigenvalue weighted by atomic mass is 9.87. The number of unbranched alkanes of at least 4 members (excludes halogenated alkanes) is 2. The maximum atomic E-state index is 12.2. The molecule has 1 heterocycles. The Morgan fingerprint density at radius 2 is 1.61 bits per heavy atom. The Hall–Kier alpha value is -2.24. The van der Waals surface area contributed by atoms with E-state index in [0.29, 0.717) is 6.42 Å². The summed E-state index contributed by atoms with van der Waals surface area (Å²) in [6.07, 6.45) is 3.75. The number of carbonyl (C=O) groups excluding carboxylic acids is 1. The van der Waals surface area contributed by atoms with Crippen LogP contribution in [0.5, 0.6) is 5.75 Å². The molecule has 0 radical (unpaired) electrons. The average molecular weight is 474 g/mol. The predicted molar refractivity (Wildman–Crippen MR) is 141 cm³/mol. The normalized spacial score (nSPS) is 14.5. The fourth-order valence-corrected chi connectivity index (χ4v) is 4.18. The Kier molecular flexibility index (Phi) is 10.5. The monoisotopic (exact) mass is 473 g/mol. The standard InChI is InChI=1S/C27H39N3O2.ClH/c1-27(2,3)22-13-15-23(16-14-22)28-26(31)12-6-5-9-17-29-18-20-30(21-19-29)24-10-7-8-11-25(24)32-4;/h7-8,10-11,13-16H,5-6,9,12,17-21H2,1-4H3,(H,28,31);1H. The Morgan fingerprint density at radius 1 is 0.939 bits per heavy atom. The second-order valence-corrected chi connectivity index (χ2v) is 9.69. The number of methoxy groups -OCH3 is 1. The minimum absolute atomic E-state index is 0. The van der Waals surface area contributed by atoms with Crippen LogP contribution in [0.25, 0.3) is 0 Å². The van der Waals surface area contributed by atoms with Crippen molar-refractivity contribution >= 4 is 29.7 Å². The van der Waals surface area contributed by atoms with Gasteiger partial charge in [0.1, 0.15) is 5.75 Å². The van der Waals surface area contributed by atoms with Crippen LogP contribution in [0.2, 0.25) is 0 Å². The lowest BCUT2D eigenvalue weighted by Gasteiger charge is -2.36. The average Bonchev–Trinajstić information content (AvgIpc) is 2.79. The SMILES string of the molecule is COc1ccccc1N1CCN(CCCCCC(=O)Nc2ccc(C(C)(C)C)cc2)CC1.Cl. The minimum Gasteiger partial charge on any atom is -0.495 e. The molecule has 0 aliphatic carbocycles. The summed E-state index contributed by atoms with van der Waals surface area (Å²) in [4.78, 5) is 17.2. The molecule has 1 aliphatic heterocycles. The molecule has 0 unspecified atom stereocenters. The van der Waals surface area contributed by atoms with Gasteiger partial charge in [0.2, 0.25) is 5.91 Å². The van der Waals surface area contributed by atoms with Crippen LogP contribution >= 0.6 is 12.4 Å². The molecule has 33 heavy (non-hydrogen) atoms. The zero-order valence-electron chi connectivity index (χ0n) is 20.6. The van der Waals surface area contributed by atoms with Crippen LogP contribution in [-0.2, 0) is 10.2 Å². The molecule has 2 aromatic rings. The molecule has 0 bridgehead atoms. The van der Waals surface area contributed by atoms with Gasteiger partial charge in [-0.3, -0.25) is 9.69 Å². The number of hydrogen-bond acceptors (Lipinski definition) is 4.